The summed E-state index contributed by atoms with van der Waals surface area (Å²) in [7, 11) is 3.26. The molecule has 2 aliphatic heterocycles. The van der Waals surface area contributed by atoms with Crippen molar-refractivity contribution < 1.29 is 19.1 Å². The summed E-state index contributed by atoms with van der Waals surface area (Å²) in [6.07, 6.45) is 3.58. The van der Waals surface area contributed by atoms with Crippen LogP contribution in [0.2, 0.25) is 0 Å². The van der Waals surface area contributed by atoms with Gasteiger partial charge in [-0.05, 0) is 31.2 Å². The van der Waals surface area contributed by atoms with E-state index in [1.54, 1.807) is 0 Å². The van der Waals surface area contributed by atoms with E-state index < -0.39 is 0 Å². The molecule has 2 fully saturated rings. The Bertz CT molecular complexity index is 695. The fourth-order valence-corrected chi connectivity index (χ4v) is 4.37. The Morgan fingerprint density at radius 1 is 1.15 bits per heavy atom. The zero-order valence-corrected chi connectivity index (χ0v) is 16.1. The van der Waals surface area contributed by atoms with Gasteiger partial charge in [-0.15, -0.1) is 0 Å². The number of likely N-dealkylation sites (N-methyl/N-ethyl adjacent to an activating group) is 1. The van der Waals surface area contributed by atoms with Crippen LogP contribution in [-0.4, -0.2) is 60.4 Å². The largest absolute Gasteiger partial charge is 0.469 e. The average Bonchev–Trinajstić information content (AvgIpc) is 2.94. The predicted molar refractivity (Wildman–Crippen MR) is 101 cm³/mol. The summed E-state index contributed by atoms with van der Waals surface area (Å²) >= 11 is 0. The van der Waals surface area contributed by atoms with E-state index >= 15 is 0 Å². The third-order valence-electron chi connectivity index (χ3n) is 6.17. The molecule has 1 spiro atoms. The second kappa shape index (κ2) is 8.11. The van der Waals surface area contributed by atoms with Gasteiger partial charge in [0.2, 0.25) is 11.8 Å². The summed E-state index contributed by atoms with van der Waals surface area (Å²) in [5.74, 6) is -0.101. The number of nitrogens with zero attached hydrogens (tertiary/aromatic N) is 2. The van der Waals surface area contributed by atoms with Crippen LogP contribution in [-0.2, 0) is 19.1 Å². The fraction of sp³-hybridized carbons (Fsp3) is 0.571. The lowest BCUT2D eigenvalue weighted by Gasteiger charge is -2.43. The summed E-state index contributed by atoms with van der Waals surface area (Å²) in [6, 6.07) is 9.96. The van der Waals surface area contributed by atoms with Crippen LogP contribution in [0.1, 0.15) is 50.0 Å². The van der Waals surface area contributed by atoms with Gasteiger partial charge in [0.15, 0.2) is 0 Å². The molecule has 1 aromatic rings. The number of ether oxygens (including phenoxy) is 1. The lowest BCUT2D eigenvalue weighted by molar-refractivity contribution is -0.141. The highest BCUT2D eigenvalue weighted by atomic mass is 16.5. The molecule has 2 aliphatic rings. The van der Waals surface area contributed by atoms with E-state index in [0.29, 0.717) is 25.9 Å². The van der Waals surface area contributed by atoms with E-state index in [4.69, 9.17) is 0 Å². The Kier molecular flexibility index (Phi) is 5.82. The van der Waals surface area contributed by atoms with Crippen molar-refractivity contribution in [3.63, 3.8) is 0 Å². The van der Waals surface area contributed by atoms with Crippen LogP contribution in [0, 0.1) is 0 Å². The van der Waals surface area contributed by atoms with Crippen LogP contribution in [0.4, 0.5) is 0 Å². The summed E-state index contributed by atoms with van der Waals surface area (Å²) < 4.78 is 4.61. The molecule has 2 heterocycles. The highest BCUT2D eigenvalue weighted by molar-refractivity contribution is 5.87. The Balaban J connectivity index is 1.57. The van der Waals surface area contributed by atoms with E-state index in [0.717, 1.165) is 24.8 Å². The minimum Gasteiger partial charge on any atom is -0.469 e. The monoisotopic (exact) mass is 372 g/mol. The number of carbonyl (C=O) groups excluding carboxylic acids is 3. The van der Waals surface area contributed by atoms with Gasteiger partial charge in [-0.1, -0.05) is 30.3 Å². The number of esters is 1. The lowest BCUT2D eigenvalue weighted by Crippen LogP contribution is -2.52. The topological polar surface area (TPSA) is 66.9 Å². The molecule has 0 bridgehead atoms. The molecule has 0 radical (unpaired) electrons. The van der Waals surface area contributed by atoms with Crippen LogP contribution in [0.5, 0.6) is 0 Å². The van der Waals surface area contributed by atoms with Crippen molar-refractivity contribution in [2.75, 3.05) is 27.2 Å². The molecule has 0 aromatic heterocycles. The van der Waals surface area contributed by atoms with Gasteiger partial charge in [0.1, 0.15) is 0 Å². The summed E-state index contributed by atoms with van der Waals surface area (Å²) in [5, 5.41) is 0. The molecular formula is C21H28N2O4. The maximum Gasteiger partial charge on any atom is 0.305 e. The van der Waals surface area contributed by atoms with Crippen LogP contribution in [0.25, 0.3) is 0 Å². The molecule has 0 aliphatic carbocycles. The standard InChI is InChI=1S/C21H28N2O4/c1-22-20(26)17(16-7-4-3-5-8-16)15-21(22)11-13-23(14-12-21)18(24)9-6-10-19(25)27-2/h3-5,7-8,17H,6,9-15H2,1-2H3. The second-order valence-electron chi connectivity index (χ2n) is 7.60. The van der Waals surface area contributed by atoms with Crippen molar-refractivity contribution >= 4 is 17.8 Å². The fourth-order valence-electron chi connectivity index (χ4n) is 4.37. The number of methoxy groups -OCH3 is 1. The van der Waals surface area contributed by atoms with Crippen molar-refractivity contribution in [1.29, 1.82) is 0 Å². The molecule has 1 unspecified atom stereocenters. The Morgan fingerprint density at radius 3 is 2.44 bits per heavy atom. The number of benzene rings is 1. The van der Waals surface area contributed by atoms with Crippen molar-refractivity contribution in [1.82, 2.24) is 9.80 Å². The Labute approximate surface area is 160 Å². The van der Waals surface area contributed by atoms with Gasteiger partial charge in [-0.2, -0.15) is 0 Å². The molecule has 3 rings (SSSR count). The third kappa shape index (κ3) is 3.99. The first-order chi connectivity index (χ1) is 13.0. The van der Waals surface area contributed by atoms with Crippen LogP contribution < -0.4 is 0 Å². The van der Waals surface area contributed by atoms with Gasteiger partial charge in [-0.25, -0.2) is 0 Å². The van der Waals surface area contributed by atoms with Crippen LogP contribution in [0.3, 0.4) is 0 Å². The first kappa shape index (κ1) is 19.4. The summed E-state index contributed by atoms with van der Waals surface area (Å²) in [4.78, 5) is 40.2. The molecule has 0 saturated carbocycles. The van der Waals surface area contributed by atoms with Gasteiger partial charge in [0.25, 0.3) is 0 Å². The number of amides is 2. The molecule has 27 heavy (non-hydrogen) atoms. The van der Waals surface area contributed by atoms with Gasteiger partial charge in [0.05, 0.1) is 13.0 Å². The van der Waals surface area contributed by atoms with E-state index in [9.17, 15) is 14.4 Å². The zero-order chi connectivity index (χ0) is 19.4. The van der Waals surface area contributed by atoms with Gasteiger partial charge in [-0.3, -0.25) is 14.4 Å². The van der Waals surface area contributed by atoms with Gasteiger partial charge < -0.3 is 14.5 Å². The third-order valence-corrected chi connectivity index (χ3v) is 6.17. The van der Waals surface area contributed by atoms with E-state index in [1.165, 1.54) is 7.11 Å². The summed E-state index contributed by atoms with van der Waals surface area (Å²) in [5.41, 5.74) is 0.924. The first-order valence-corrected chi connectivity index (χ1v) is 9.64. The number of hydrogen-bond acceptors (Lipinski definition) is 4. The Hall–Kier alpha value is -2.37. The smallest absolute Gasteiger partial charge is 0.305 e. The van der Waals surface area contributed by atoms with Crippen molar-refractivity contribution in [2.45, 2.75) is 50.0 Å². The van der Waals surface area contributed by atoms with Crippen LogP contribution >= 0.6 is 0 Å². The molecular weight excluding hydrogens is 344 g/mol. The zero-order valence-electron chi connectivity index (χ0n) is 16.1. The molecule has 1 aromatic carbocycles. The number of likely N-dealkylation sites (tertiary alicyclic amines) is 2. The number of piperidine rings is 1. The molecule has 2 amide bonds. The quantitative estimate of drug-likeness (QED) is 0.744. The van der Waals surface area contributed by atoms with Crippen molar-refractivity contribution in [3.05, 3.63) is 35.9 Å². The maximum atomic E-state index is 12.8. The van der Waals surface area contributed by atoms with Gasteiger partial charge in [0, 0.05) is 38.5 Å². The number of rotatable bonds is 5. The van der Waals surface area contributed by atoms with E-state index in [1.807, 2.05) is 47.2 Å². The maximum absolute atomic E-state index is 12.8. The highest BCUT2D eigenvalue weighted by Crippen LogP contribution is 2.44. The highest BCUT2D eigenvalue weighted by Gasteiger charge is 2.50. The minimum atomic E-state index is -0.279. The first-order valence-electron chi connectivity index (χ1n) is 9.64. The molecule has 6 nitrogen and oxygen atoms in total. The average molecular weight is 372 g/mol. The van der Waals surface area contributed by atoms with E-state index in [-0.39, 0.29) is 35.7 Å². The Morgan fingerprint density at radius 2 is 1.81 bits per heavy atom. The van der Waals surface area contributed by atoms with Crippen molar-refractivity contribution in [3.8, 4) is 0 Å². The molecule has 0 N–H and O–H groups in total. The predicted octanol–water partition coefficient (Wildman–Crippen LogP) is 2.34. The molecule has 1 atom stereocenters. The molecule has 6 heteroatoms. The van der Waals surface area contributed by atoms with Crippen molar-refractivity contribution in [2.24, 2.45) is 0 Å². The molecule has 146 valence electrons. The number of carbonyl (C=O) groups is 3. The lowest BCUT2D eigenvalue weighted by atomic mass is 9.81. The number of hydrogen-bond donors (Lipinski definition) is 0. The van der Waals surface area contributed by atoms with Gasteiger partial charge >= 0.3 is 5.97 Å². The van der Waals surface area contributed by atoms with Crippen LogP contribution in [0.15, 0.2) is 30.3 Å². The normalized spacial score (nSPS) is 21.6. The SMILES string of the molecule is COC(=O)CCCC(=O)N1CCC2(CC1)CC(c1ccccc1)C(=O)N2C. The molecule has 2 saturated heterocycles. The summed E-state index contributed by atoms with van der Waals surface area (Å²) in [6.45, 7) is 1.33. The van der Waals surface area contributed by atoms with E-state index in [2.05, 4.69) is 4.74 Å². The minimum absolute atomic E-state index is 0.0836. The second-order valence-corrected chi connectivity index (χ2v) is 7.60.